The maximum Gasteiger partial charge on any atom is 0.248 e. The molecule has 26 heavy (non-hydrogen) atoms. The molecule has 0 aliphatic carbocycles. The van der Waals surface area contributed by atoms with Crippen LogP contribution in [0.2, 0.25) is 5.02 Å². The average Bonchev–Trinajstić information content (AvgIpc) is 2.61. The van der Waals surface area contributed by atoms with Crippen molar-refractivity contribution in [1.29, 1.82) is 0 Å². The van der Waals surface area contributed by atoms with E-state index < -0.39 is 0 Å². The molecule has 7 heteroatoms. The summed E-state index contributed by atoms with van der Waals surface area (Å²) in [6.07, 6.45) is 3.06. The molecule has 0 aliphatic rings. The van der Waals surface area contributed by atoms with Crippen LogP contribution in [0.4, 0.5) is 11.4 Å². The zero-order chi connectivity index (χ0) is 19.1. The predicted molar refractivity (Wildman–Crippen MR) is 103 cm³/mol. The lowest BCUT2D eigenvalue weighted by molar-refractivity contribution is -0.114. The van der Waals surface area contributed by atoms with E-state index in [2.05, 4.69) is 10.6 Å². The second-order valence-corrected chi connectivity index (χ2v) is 5.72. The van der Waals surface area contributed by atoms with E-state index >= 15 is 0 Å². The molecule has 0 bridgehead atoms. The number of nitrogens with one attached hydrogen (secondary N) is 2. The molecule has 0 spiro atoms. The Kier molecular flexibility index (Phi) is 6.63. The highest BCUT2D eigenvalue weighted by atomic mass is 35.5. The molecule has 0 aromatic heterocycles. The van der Waals surface area contributed by atoms with Gasteiger partial charge in [-0.1, -0.05) is 17.7 Å². The van der Waals surface area contributed by atoms with Crippen LogP contribution in [0.25, 0.3) is 6.08 Å². The highest BCUT2D eigenvalue weighted by Gasteiger charge is 2.06. The van der Waals surface area contributed by atoms with Crippen molar-refractivity contribution in [1.82, 2.24) is 0 Å². The molecule has 0 aliphatic heterocycles. The first-order valence-corrected chi connectivity index (χ1v) is 8.09. The van der Waals surface area contributed by atoms with Crippen molar-refractivity contribution in [2.24, 2.45) is 0 Å². The Hall–Kier alpha value is -2.99. The van der Waals surface area contributed by atoms with Crippen LogP contribution in [-0.4, -0.2) is 26.0 Å². The van der Waals surface area contributed by atoms with Crippen LogP contribution in [0.5, 0.6) is 11.5 Å². The summed E-state index contributed by atoms with van der Waals surface area (Å²) in [4.78, 5) is 23.1. The van der Waals surface area contributed by atoms with Crippen molar-refractivity contribution in [2.75, 3.05) is 24.9 Å². The lowest BCUT2D eigenvalue weighted by Crippen LogP contribution is -2.09. The van der Waals surface area contributed by atoms with Gasteiger partial charge in [0.1, 0.15) is 0 Å². The van der Waals surface area contributed by atoms with Crippen LogP contribution in [0.1, 0.15) is 12.5 Å². The van der Waals surface area contributed by atoms with Crippen molar-refractivity contribution >= 4 is 40.9 Å². The first kappa shape index (κ1) is 19.3. The minimum Gasteiger partial charge on any atom is -0.493 e. The number of ether oxygens (including phenoxy) is 2. The molecule has 2 amide bonds. The van der Waals surface area contributed by atoms with Gasteiger partial charge in [0.25, 0.3) is 0 Å². The highest BCUT2D eigenvalue weighted by molar-refractivity contribution is 6.34. The van der Waals surface area contributed by atoms with Gasteiger partial charge < -0.3 is 20.1 Å². The number of halogens is 1. The van der Waals surface area contributed by atoms with Crippen LogP contribution < -0.4 is 20.1 Å². The number of carbonyl (C=O) groups is 2. The van der Waals surface area contributed by atoms with E-state index in [9.17, 15) is 9.59 Å². The third-order valence-corrected chi connectivity index (χ3v) is 3.69. The van der Waals surface area contributed by atoms with Gasteiger partial charge in [0.15, 0.2) is 11.5 Å². The summed E-state index contributed by atoms with van der Waals surface area (Å²) in [6.45, 7) is 1.39. The van der Waals surface area contributed by atoms with E-state index in [1.165, 1.54) is 13.0 Å². The molecule has 2 N–H and O–H groups in total. The number of carbonyl (C=O) groups excluding carboxylic acids is 2. The fourth-order valence-corrected chi connectivity index (χ4v) is 2.42. The molecule has 0 saturated carbocycles. The molecule has 0 saturated heterocycles. The molecule has 2 rings (SSSR count). The molecular weight excluding hydrogens is 356 g/mol. The zero-order valence-electron chi connectivity index (χ0n) is 14.6. The Morgan fingerprint density at radius 1 is 1.00 bits per heavy atom. The van der Waals surface area contributed by atoms with Crippen molar-refractivity contribution in [3.63, 3.8) is 0 Å². The number of benzene rings is 2. The molecule has 6 nitrogen and oxygen atoms in total. The second kappa shape index (κ2) is 8.92. The van der Waals surface area contributed by atoms with E-state index in [4.69, 9.17) is 21.1 Å². The molecule has 0 radical (unpaired) electrons. The number of amides is 2. The highest BCUT2D eigenvalue weighted by Crippen LogP contribution is 2.28. The van der Waals surface area contributed by atoms with E-state index in [-0.39, 0.29) is 11.8 Å². The zero-order valence-corrected chi connectivity index (χ0v) is 15.4. The number of methoxy groups -OCH3 is 2. The quantitative estimate of drug-likeness (QED) is 0.750. The Balaban J connectivity index is 2.05. The monoisotopic (exact) mass is 374 g/mol. The van der Waals surface area contributed by atoms with Crippen molar-refractivity contribution in [3.8, 4) is 11.5 Å². The number of rotatable bonds is 6. The first-order chi connectivity index (χ1) is 12.4. The average molecular weight is 375 g/mol. The van der Waals surface area contributed by atoms with Gasteiger partial charge in [-0.15, -0.1) is 0 Å². The molecule has 0 heterocycles. The number of hydrogen-bond acceptors (Lipinski definition) is 4. The molecule has 0 unspecified atom stereocenters. The Labute approximate surface area is 156 Å². The molecular formula is C19H19ClN2O4. The van der Waals surface area contributed by atoms with Gasteiger partial charge in [0.2, 0.25) is 11.8 Å². The van der Waals surface area contributed by atoms with Crippen LogP contribution in [-0.2, 0) is 9.59 Å². The summed E-state index contributed by atoms with van der Waals surface area (Å²) >= 11 is 6.08. The standard InChI is InChI=1S/C19H19ClN2O4/c1-12(23)21-16-7-6-14(11-15(16)20)22-19(24)9-5-13-4-8-17(25-2)18(10-13)26-3/h4-11H,1-3H3,(H,21,23)(H,22,24)/b9-5+. The van der Waals surface area contributed by atoms with E-state index in [0.29, 0.717) is 27.9 Å². The minimum atomic E-state index is -0.317. The van der Waals surface area contributed by atoms with Crippen LogP contribution in [0.15, 0.2) is 42.5 Å². The minimum absolute atomic E-state index is 0.221. The maximum atomic E-state index is 12.1. The van der Waals surface area contributed by atoms with Crippen molar-refractivity contribution < 1.29 is 19.1 Å². The summed E-state index contributed by atoms with van der Waals surface area (Å²) in [5, 5.41) is 5.64. The smallest absolute Gasteiger partial charge is 0.248 e. The summed E-state index contributed by atoms with van der Waals surface area (Å²) in [5.74, 6) is 0.656. The van der Waals surface area contributed by atoms with Gasteiger partial charge in [0, 0.05) is 18.7 Å². The summed E-state index contributed by atoms with van der Waals surface area (Å²) in [7, 11) is 3.11. The maximum absolute atomic E-state index is 12.1. The SMILES string of the molecule is COc1ccc(/C=C/C(=O)Nc2ccc(NC(C)=O)c(Cl)c2)cc1OC. The van der Waals surface area contributed by atoms with E-state index in [1.807, 2.05) is 6.07 Å². The Bertz CT molecular complexity index is 849. The van der Waals surface area contributed by atoms with Gasteiger partial charge >= 0.3 is 0 Å². The molecule has 2 aromatic rings. The second-order valence-electron chi connectivity index (χ2n) is 5.31. The fourth-order valence-electron chi connectivity index (χ4n) is 2.20. The largest absolute Gasteiger partial charge is 0.493 e. The van der Waals surface area contributed by atoms with Crippen LogP contribution in [0.3, 0.4) is 0 Å². The molecule has 0 atom stereocenters. The topological polar surface area (TPSA) is 76.7 Å². The van der Waals surface area contributed by atoms with Gasteiger partial charge in [0.05, 0.1) is 24.9 Å². The number of hydrogen-bond donors (Lipinski definition) is 2. The van der Waals surface area contributed by atoms with Crippen LogP contribution >= 0.6 is 11.6 Å². The van der Waals surface area contributed by atoms with E-state index in [0.717, 1.165) is 5.56 Å². The van der Waals surface area contributed by atoms with Gasteiger partial charge in [-0.3, -0.25) is 9.59 Å². The number of anilines is 2. The molecule has 0 fully saturated rings. The third kappa shape index (κ3) is 5.26. The summed E-state index contributed by atoms with van der Waals surface area (Å²) in [5.41, 5.74) is 1.79. The first-order valence-electron chi connectivity index (χ1n) is 7.71. The Morgan fingerprint density at radius 2 is 1.73 bits per heavy atom. The van der Waals surface area contributed by atoms with Gasteiger partial charge in [-0.2, -0.15) is 0 Å². The summed E-state index contributed by atoms with van der Waals surface area (Å²) in [6, 6.07) is 10.2. The Morgan fingerprint density at radius 3 is 2.35 bits per heavy atom. The van der Waals surface area contributed by atoms with Gasteiger partial charge in [-0.25, -0.2) is 0 Å². The summed E-state index contributed by atoms with van der Waals surface area (Å²) < 4.78 is 10.4. The lowest BCUT2D eigenvalue weighted by atomic mass is 10.2. The molecule has 136 valence electrons. The van der Waals surface area contributed by atoms with Crippen LogP contribution in [0, 0.1) is 0 Å². The molecule has 2 aromatic carbocycles. The van der Waals surface area contributed by atoms with Crippen molar-refractivity contribution in [2.45, 2.75) is 6.92 Å². The fraction of sp³-hybridized carbons (Fsp3) is 0.158. The van der Waals surface area contributed by atoms with E-state index in [1.54, 1.807) is 50.6 Å². The lowest BCUT2D eigenvalue weighted by Gasteiger charge is -2.08. The normalized spacial score (nSPS) is 10.5. The van der Waals surface area contributed by atoms with Crippen molar-refractivity contribution in [3.05, 3.63) is 53.1 Å². The predicted octanol–water partition coefficient (Wildman–Crippen LogP) is 3.97. The van der Waals surface area contributed by atoms with Gasteiger partial charge in [-0.05, 0) is 42.0 Å². The third-order valence-electron chi connectivity index (χ3n) is 3.38.